The summed E-state index contributed by atoms with van der Waals surface area (Å²) in [7, 11) is 0. The number of rotatable bonds is 14. The molecule has 0 bridgehead atoms. The van der Waals surface area contributed by atoms with E-state index in [1.54, 1.807) is 0 Å². The second-order valence-electron chi connectivity index (χ2n) is 8.37. The second-order valence-corrected chi connectivity index (χ2v) is 8.37. The van der Waals surface area contributed by atoms with Gasteiger partial charge in [-0.3, -0.25) is 14.4 Å². The van der Waals surface area contributed by atoms with Crippen molar-refractivity contribution in [2.75, 3.05) is 6.54 Å². The van der Waals surface area contributed by atoms with Crippen LogP contribution in [0, 0.1) is 0 Å². The van der Waals surface area contributed by atoms with Crippen LogP contribution in [0.1, 0.15) is 88.2 Å². The predicted molar refractivity (Wildman–Crippen MR) is 119 cm³/mol. The molecule has 0 aromatic heterocycles. The number of primary amides is 1. The highest BCUT2D eigenvalue weighted by Gasteiger charge is 2.22. The van der Waals surface area contributed by atoms with Gasteiger partial charge in [-0.2, -0.15) is 0 Å². The Labute approximate surface area is 180 Å². The second kappa shape index (κ2) is 13.0. The minimum atomic E-state index is -0.911. The first-order valence-electron chi connectivity index (χ1n) is 11.4. The molecule has 3 amide bonds. The first-order chi connectivity index (χ1) is 14.5. The van der Waals surface area contributed by atoms with Gasteiger partial charge in [0, 0.05) is 13.0 Å². The molecule has 6 heteroatoms. The summed E-state index contributed by atoms with van der Waals surface area (Å²) in [4.78, 5) is 35.9. The molecule has 1 aromatic rings. The average Bonchev–Trinajstić information content (AvgIpc) is 2.67. The normalized spacial score (nSPS) is 14.6. The third-order valence-corrected chi connectivity index (χ3v) is 5.83. The molecule has 1 aliphatic rings. The van der Waals surface area contributed by atoms with Crippen LogP contribution in [0.5, 0.6) is 0 Å². The lowest BCUT2D eigenvalue weighted by molar-refractivity contribution is -0.131. The summed E-state index contributed by atoms with van der Waals surface area (Å²) in [5.41, 5.74) is 7.82. The number of nitrogens with two attached hydrogens (primary N) is 1. The summed E-state index contributed by atoms with van der Waals surface area (Å²) in [6.07, 6.45) is 9.95. The van der Waals surface area contributed by atoms with Gasteiger partial charge in [0.2, 0.25) is 17.7 Å². The number of benzene rings is 1. The Morgan fingerprint density at radius 2 is 1.77 bits per heavy atom. The van der Waals surface area contributed by atoms with Crippen LogP contribution in [-0.2, 0) is 20.8 Å². The van der Waals surface area contributed by atoms with Gasteiger partial charge in [-0.05, 0) is 42.7 Å². The maximum Gasteiger partial charge on any atom is 0.243 e. The van der Waals surface area contributed by atoms with E-state index >= 15 is 0 Å². The fourth-order valence-corrected chi connectivity index (χ4v) is 3.72. The van der Waals surface area contributed by atoms with Gasteiger partial charge in [0.05, 0.1) is 6.42 Å². The molecule has 0 radical (unpaired) electrons. The number of nitrogens with one attached hydrogen (secondary N) is 2. The van der Waals surface area contributed by atoms with Gasteiger partial charge < -0.3 is 16.4 Å². The van der Waals surface area contributed by atoms with E-state index in [0.29, 0.717) is 25.3 Å². The highest BCUT2D eigenvalue weighted by atomic mass is 16.2. The van der Waals surface area contributed by atoms with Crippen LogP contribution >= 0.6 is 0 Å². The van der Waals surface area contributed by atoms with Crippen LogP contribution in [0.2, 0.25) is 0 Å². The van der Waals surface area contributed by atoms with Crippen molar-refractivity contribution in [1.82, 2.24) is 10.6 Å². The molecular weight excluding hydrogens is 378 g/mol. The van der Waals surface area contributed by atoms with Crippen molar-refractivity contribution >= 4 is 17.7 Å². The number of hydrogen-bond donors (Lipinski definition) is 3. The van der Waals surface area contributed by atoms with Crippen molar-refractivity contribution in [2.24, 2.45) is 5.73 Å². The summed E-state index contributed by atoms with van der Waals surface area (Å²) in [6, 6.07) is 7.67. The minimum absolute atomic E-state index is 0.191. The number of carbonyl (C=O) groups excluding carboxylic acids is 3. The van der Waals surface area contributed by atoms with Crippen LogP contribution in [0.15, 0.2) is 24.3 Å². The topological polar surface area (TPSA) is 101 Å². The smallest absolute Gasteiger partial charge is 0.243 e. The summed E-state index contributed by atoms with van der Waals surface area (Å²) < 4.78 is 0. The molecule has 30 heavy (non-hydrogen) atoms. The Morgan fingerprint density at radius 3 is 2.37 bits per heavy atom. The largest absolute Gasteiger partial charge is 0.370 e. The van der Waals surface area contributed by atoms with E-state index in [0.717, 1.165) is 37.7 Å². The molecule has 4 N–H and O–H groups in total. The van der Waals surface area contributed by atoms with E-state index in [-0.39, 0.29) is 18.2 Å². The SMILES string of the molecule is CCCCCCCC(=O)N[C@H](CC(N)=O)C(=O)NCCc1ccc(C2CCC2)cc1. The third-order valence-electron chi connectivity index (χ3n) is 5.83. The predicted octanol–water partition coefficient (Wildman–Crippen LogP) is 3.33. The molecule has 1 aromatic carbocycles. The fourth-order valence-electron chi connectivity index (χ4n) is 3.72. The lowest BCUT2D eigenvalue weighted by Crippen LogP contribution is -2.48. The number of unbranched alkanes of at least 4 members (excludes halogenated alkanes) is 4. The van der Waals surface area contributed by atoms with Gasteiger partial charge in [-0.1, -0.05) is 63.3 Å². The number of hydrogen-bond acceptors (Lipinski definition) is 3. The van der Waals surface area contributed by atoms with E-state index in [1.165, 1.54) is 24.8 Å². The van der Waals surface area contributed by atoms with Crippen molar-refractivity contribution in [3.05, 3.63) is 35.4 Å². The van der Waals surface area contributed by atoms with Crippen molar-refractivity contribution in [2.45, 2.75) is 89.5 Å². The molecule has 0 aliphatic heterocycles. The Balaban J connectivity index is 1.73. The zero-order valence-corrected chi connectivity index (χ0v) is 18.3. The van der Waals surface area contributed by atoms with Gasteiger partial charge >= 0.3 is 0 Å². The van der Waals surface area contributed by atoms with Gasteiger partial charge in [0.25, 0.3) is 0 Å². The zero-order valence-electron chi connectivity index (χ0n) is 18.3. The lowest BCUT2D eigenvalue weighted by atomic mass is 9.80. The van der Waals surface area contributed by atoms with Crippen molar-refractivity contribution in [3.8, 4) is 0 Å². The van der Waals surface area contributed by atoms with Crippen LogP contribution < -0.4 is 16.4 Å². The standard InChI is InChI=1S/C24H37N3O3/c1-2-3-4-5-6-10-23(29)27-21(17-22(25)28)24(30)26-16-15-18-11-13-20(14-12-18)19-8-7-9-19/h11-14,19,21H,2-10,15-17H2,1H3,(H2,25,28)(H,26,30)(H,27,29)/t21-/m1/s1. The monoisotopic (exact) mass is 415 g/mol. The minimum Gasteiger partial charge on any atom is -0.370 e. The molecule has 166 valence electrons. The molecule has 1 atom stereocenters. The van der Waals surface area contributed by atoms with Crippen LogP contribution in [0.3, 0.4) is 0 Å². The average molecular weight is 416 g/mol. The maximum atomic E-state index is 12.5. The van der Waals surface area contributed by atoms with E-state index in [1.807, 2.05) is 0 Å². The summed E-state index contributed by atoms with van der Waals surface area (Å²) in [6.45, 7) is 2.59. The van der Waals surface area contributed by atoms with Crippen LogP contribution in [0.25, 0.3) is 0 Å². The summed E-state index contributed by atoms with van der Waals surface area (Å²) >= 11 is 0. The van der Waals surface area contributed by atoms with E-state index in [2.05, 4.69) is 41.8 Å². The fraction of sp³-hybridized carbons (Fsp3) is 0.625. The van der Waals surface area contributed by atoms with Gasteiger partial charge in [0.15, 0.2) is 0 Å². The maximum absolute atomic E-state index is 12.5. The van der Waals surface area contributed by atoms with Crippen LogP contribution in [-0.4, -0.2) is 30.3 Å². The highest BCUT2D eigenvalue weighted by Crippen LogP contribution is 2.36. The van der Waals surface area contributed by atoms with Gasteiger partial charge in [0.1, 0.15) is 6.04 Å². The van der Waals surface area contributed by atoms with Gasteiger partial charge in [-0.25, -0.2) is 0 Å². The number of amides is 3. The molecule has 1 aliphatic carbocycles. The van der Waals surface area contributed by atoms with E-state index < -0.39 is 11.9 Å². The van der Waals surface area contributed by atoms with E-state index in [4.69, 9.17) is 5.73 Å². The Kier molecular flexibility index (Phi) is 10.4. The molecule has 2 rings (SSSR count). The van der Waals surface area contributed by atoms with Crippen molar-refractivity contribution < 1.29 is 14.4 Å². The van der Waals surface area contributed by atoms with E-state index in [9.17, 15) is 14.4 Å². The van der Waals surface area contributed by atoms with Crippen LogP contribution in [0.4, 0.5) is 0 Å². The van der Waals surface area contributed by atoms with Crippen molar-refractivity contribution in [1.29, 1.82) is 0 Å². The third kappa shape index (κ3) is 8.56. The van der Waals surface area contributed by atoms with Crippen molar-refractivity contribution in [3.63, 3.8) is 0 Å². The summed E-state index contributed by atoms with van der Waals surface area (Å²) in [5, 5.41) is 5.49. The molecule has 0 unspecified atom stereocenters. The molecule has 0 spiro atoms. The molecule has 0 saturated heterocycles. The molecule has 0 heterocycles. The zero-order chi connectivity index (χ0) is 21.8. The Hall–Kier alpha value is -2.37. The Bertz CT molecular complexity index is 683. The number of carbonyl (C=O) groups is 3. The summed E-state index contributed by atoms with van der Waals surface area (Å²) in [5.74, 6) is -0.466. The lowest BCUT2D eigenvalue weighted by Gasteiger charge is -2.25. The van der Waals surface area contributed by atoms with Gasteiger partial charge in [-0.15, -0.1) is 0 Å². The highest BCUT2D eigenvalue weighted by molar-refractivity contribution is 5.91. The molecule has 6 nitrogen and oxygen atoms in total. The molecular formula is C24H37N3O3. The first-order valence-corrected chi connectivity index (χ1v) is 11.4. The first kappa shape index (κ1) is 23.9. The Morgan fingerprint density at radius 1 is 1.07 bits per heavy atom. The quantitative estimate of drug-likeness (QED) is 0.406. The molecule has 1 saturated carbocycles. The molecule has 1 fully saturated rings.